The maximum absolute atomic E-state index is 8.73. The minimum Gasteiger partial charge on any atom is -0.399 e. The van der Waals surface area contributed by atoms with Gasteiger partial charge in [-0.1, -0.05) is 12.1 Å². The lowest BCUT2D eigenvalue weighted by atomic mass is 10.1. The third-order valence-corrected chi connectivity index (χ3v) is 2.95. The topological polar surface area (TPSA) is 80.5 Å². The Morgan fingerprint density at radius 1 is 1.00 bits per heavy atom. The van der Waals surface area contributed by atoms with E-state index < -0.39 is 0 Å². The molecule has 96 valence electrons. The highest BCUT2D eigenvalue weighted by Gasteiger charge is 2.04. The first kappa shape index (κ1) is 11.9. The van der Waals surface area contributed by atoms with Crippen molar-refractivity contribution in [2.24, 2.45) is 0 Å². The average Bonchev–Trinajstić information content (AvgIpc) is 2.98. The Bertz CT molecular complexity index is 763. The standard InChI is InChI=1S/C15H11N5/c16-7-14-5-6-15(9-18-14)20-10-12(8-19-20)11-1-3-13(17)4-2-11/h1-6,8-10H,17H2. The van der Waals surface area contributed by atoms with Gasteiger partial charge in [-0.2, -0.15) is 10.4 Å². The molecule has 0 aliphatic heterocycles. The minimum absolute atomic E-state index is 0.389. The van der Waals surface area contributed by atoms with E-state index in [1.165, 1.54) is 0 Å². The molecule has 2 heterocycles. The van der Waals surface area contributed by atoms with Gasteiger partial charge in [0.05, 0.1) is 18.1 Å². The lowest BCUT2D eigenvalue weighted by Crippen LogP contribution is -1.95. The monoisotopic (exact) mass is 261 g/mol. The summed E-state index contributed by atoms with van der Waals surface area (Å²) in [6, 6.07) is 13.1. The molecule has 1 aromatic carbocycles. The van der Waals surface area contributed by atoms with Gasteiger partial charge in [-0.15, -0.1) is 0 Å². The van der Waals surface area contributed by atoms with Gasteiger partial charge in [-0.3, -0.25) is 0 Å². The highest BCUT2D eigenvalue weighted by atomic mass is 15.3. The smallest absolute Gasteiger partial charge is 0.140 e. The number of nitrogens with zero attached hydrogens (tertiary/aromatic N) is 4. The van der Waals surface area contributed by atoms with E-state index in [2.05, 4.69) is 10.1 Å². The molecular weight excluding hydrogens is 250 g/mol. The van der Waals surface area contributed by atoms with Crippen molar-refractivity contribution in [2.45, 2.75) is 0 Å². The van der Waals surface area contributed by atoms with Crippen LogP contribution < -0.4 is 5.73 Å². The van der Waals surface area contributed by atoms with E-state index in [4.69, 9.17) is 11.0 Å². The summed E-state index contributed by atoms with van der Waals surface area (Å²) >= 11 is 0. The van der Waals surface area contributed by atoms with Gasteiger partial charge in [0.25, 0.3) is 0 Å². The zero-order chi connectivity index (χ0) is 13.9. The Morgan fingerprint density at radius 3 is 2.45 bits per heavy atom. The quantitative estimate of drug-likeness (QED) is 0.718. The number of hydrogen-bond donors (Lipinski definition) is 1. The maximum Gasteiger partial charge on any atom is 0.140 e. The van der Waals surface area contributed by atoms with E-state index in [9.17, 15) is 0 Å². The lowest BCUT2D eigenvalue weighted by Gasteiger charge is -2.00. The van der Waals surface area contributed by atoms with Crippen LogP contribution in [0.5, 0.6) is 0 Å². The first-order valence-corrected chi connectivity index (χ1v) is 6.03. The van der Waals surface area contributed by atoms with Crippen molar-refractivity contribution in [1.29, 1.82) is 5.26 Å². The van der Waals surface area contributed by atoms with Gasteiger partial charge >= 0.3 is 0 Å². The second-order valence-corrected chi connectivity index (χ2v) is 4.31. The highest BCUT2D eigenvalue weighted by Crippen LogP contribution is 2.21. The van der Waals surface area contributed by atoms with Crippen LogP contribution in [0.25, 0.3) is 16.8 Å². The normalized spacial score (nSPS) is 10.2. The fraction of sp³-hybridized carbons (Fsp3) is 0. The fourth-order valence-electron chi connectivity index (χ4n) is 1.88. The number of anilines is 1. The third-order valence-electron chi connectivity index (χ3n) is 2.95. The Morgan fingerprint density at radius 2 is 1.80 bits per heavy atom. The van der Waals surface area contributed by atoms with Crippen molar-refractivity contribution in [3.63, 3.8) is 0 Å². The Labute approximate surface area is 115 Å². The second-order valence-electron chi connectivity index (χ2n) is 4.31. The van der Waals surface area contributed by atoms with Crippen LogP contribution in [-0.2, 0) is 0 Å². The molecule has 3 rings (SSSR count). The van der Waals surface area contributed by atoms with Gasteiger partial charge in [0, 0.05) is 17.4 Å². The average molecular weight is 261 g/mol. The summed E-state index contributed by atoms with van der Waals surface area (Å²) in [5.41, 5.74) is 9.65. The van der Waals surface area contributed by atoms with Crippen molar-refractivity contribution >= 4 is 5.69 Å². The molecule has 5 heteroatoms. The van der Waals surface area contributed by atoms with Crippen LogP contribution in [0.3, 0.4) is 0 Å². The van der Waals surface area contributed by atoms with E-state index >= 15 is 0 Å². The van der Waals surface area contributed by atoms with Crippen LogP contribution in [0.4, 0.5) is 5.69 Å². The van der Waals surface area contributed by atoms with Crippen LogP contribution in [0.15, 0.2) is 55.0 Å². The van der Waals surface area contributed by atoms with Crippen LogP contribution >= 0.6 is 0 Å². The summed E-state index contributed by atoms with van der Waals surface area (Å²) in [7, 11) is 0. The highest BCUT2D eigenvalue weighted by molar-refractivity contribution is 5.64. The molecule has 0 atom stereocenters. The molecule has 0 bridgehead atoms. The molecule has 0 spiro atoms. The number of nitrogens with two attached hydrogens (primary N) is 1. The van der Waals surface area contributed by atoms with Crippen LogP contribution in [0, 0.1) is 11.3 Å². The number of nitriles is 1. The van der Waals surface area contributed by atoms with Gasteiger partial charge in [0.2, 0.25) is 0 Å². The molecule has 0 aliphatic rings. The van der Waals surface area contributed by atoms with E-state index in [1.54, 1.807) is 23.1 Å². The van der Waals surface area contributed by atoms with E-state index in [1.807, 2.05) is 42.6 Å². The van der Waals surface area contributed by atoms with Gasteiger partial charge in [-0.05, 0) is 29.8 Å². The van der Waals surface area contributed by atoms with Crippen LogP contribution in [-0.4, -0.2) is 14.8 Å². The van der Waals surface area contributed by atoms with E-state index in [0.717, 1.165) is 22.5 Å². The van der Waals surface area contributed by atoms with Gasteiger partial charge in [0.1, 0.15) is 11.8 Å². The molecule has 5 nitrogen and oxygen atoms in total. The van der Waals surface area contributed by atoms with E-state index in [0.29, 0.717) is 5.69 Å². The number of hydrogen-bond acceptors (Lipinski definition) is 4. The number of aromatic nitrogens is 3. The zero-order valence-electron chi connectivity index (χ0n) is 10.6. The van der Waals surface area contributed by atoms with Crippen molar-refractivity contribution in [1.82, 2.24) is 14.8 Å². The first-order valence-electron chi connectivity index (χ1n) is 6.03. The van der Waals surface area contributed by atoms with Crippen LogP contribution in [0.2, 0.25) is 0 Å². The van der Waals surface area contributed by atoms with Crippen LogP contribution in [0.1, 0.15) is 5.69 Å². The molecular formula is C15H11N5. The molecule has 2 N–H and O–H groups in total. The number of rotatable bonds is 2. The molecule has 2 aromatic heterocycles. The van der Waals surface area contributed by atoms with E-state index in [-0.39, 0.29) is 0 Å². The predicted molar refractivity (Wildman–Crippen MR) is 75.9 cm³/mol. The SMILES string of the molecule is N#Cc1ccc(-n2cc(-c3ccc(N)cc3)cn2)cn1. The molecule has 0 aliphatic carbocycles. The minimum atomic E-state index is 0.389. The number of nitrogen functional groups attached to an aromatic ring is 1. The summed E-state index contributed by atoms with van der Waals surface area (Å²) in [5, 5.41) is 13.0. The third kappa shape index (κ3) is 2.22. The summed E-state index contributed by atoms with van der Waals surface area (Å²) in [4.78, 5) is 4.03. The summed E-state index contributed by atoms with van der Waals surface area (Å²) < 4.78 is 1.72. The summed E-state index contributed by atoms with van der Waals surface area (Å²) in [6.45, 7) is 0. The number of benzene rings is 1. The first-order chi connectivity index (χ1) is 9.76. The van der Waals surface area contributed by atoms with Gasteiger partial charge in [-0.25, -0.2) is 9.67 Å². The second kappa shape index (κ2) is 4.86. The molecule has 3 aromatic rings. The summed E-state index contributed by atoms with van der Waals surface area (Å²) in [6.07, 6.45) is 5.32. The van der Waals surface area contributed by atoms with Crippen molar-refractivity contribution in [3.05, 3.63) is 60.7 Å². The molecule has 20 heavy (non-hydrogen) atoms. The van der Waals surface area contributed by atoms with Gasteiger partial charge in [0.15, 0.2) is 0 Å². The lowest BCUT2D eigenvalue weighted by molar-refractivity contribution is 0.873. The Kier molecular flexibility index (Phi) is 2.90. The van der Waals surface area contributed by atoms with Gasteiger partial charge < -0.3 is 5.73 Å². The molecule has 0 amide bonds. The number of pyridine rings is 1. The van der Waals surface area contributed by atoms with Crippen molar-refractivity contribution in [3.8, 4) is 22.9 Å². The largest absolute Gasteiger partial charge is 0.399 e. The molecule has 0 radical (unpaired) electrons. The predicted octanol–water partition coefficient (Wildman–Crippen LogP) is 2.39. The zero-order valence-corrected chi connectivity index (χ0v) is 10.6. The molecule has 0 fully saturated rings. The van der Waals surface area contributed by atoms with Crippen molar-refractivity contribution < 1.29 is 0 Å². The fourth-order valence-corrected chi connectivity index (χ4v) is 1.88. The molecule has 0 unspecified atom stereocenters. The Balaban J connectivity index is 1.93. The molecule has 0 saturated heterocycles. The summed E-state index contributed by atoms with van der Waals surface area (Å²) in [5.74, 6) is 0. The Hall–Kier alpha value is -3.13. The molecule has 0 saturated carbocycles. The van der Waals surface area contributed by atoms with Crippen molar-refractivity contribution in [2.75, 3.05) is 5.73 Å². The maximum atomic E-state index is 8.73.